The Morgan fingerprint density at radius 2 is 2.07 bits per heavy atom. The fourth-order valence-electron chi connectivity index (χ4n) is 5.31. The summed E-state index contributed by atoms with van der Waals surface area (Å²) >= 11 is 0. The quantitative estimate of drug-likeness (QED) is 0.716. The normalized spacial score (nSPS) is 30.4. The van der Waals surface area contributed by atoms with Crippen molar-refractivity contribution < 1.29 is 9.53 Å². The predicted octanol–water partition coefficient (Wildman–Crippen LogP) is 1.93. The third-order valence-electron chi connectivity index (χ3n) is 6.76. The van der Waals surface area contributed by atoms with Crippen LogP contribution in [0.3, 0.4) is 0 Å². The zero-order chi connectivity index (χ0) is 20.7. The molecule has 30 heavy (non-hydrogen) atoms. The highest BCUT2D eigenvalue weighted by atomic mass is 16.5. The fraction of sp³-hybridized carbons (Fsp3) is 0.500. The van der Waals surface area contributed by atoms with Gasteiger partial charge in [0.1, 0.15) is 0 Å². The van der Waals surface area contributed by atoms with E-state index in [0.717, 1.165) is 30.6 Å². The van der Waals surface area contributed by atoms with E-state index in [2.05, 4.69) is 38.3 Å². The van der Waals surface area contributed by atoms with Crippen molar-refractivity contribution in [3.8, 4) is 5.88 Å². The smallest absolute Gasteiger partial charge is 0.317 e. The molecule has 2 aliphatic heterocycles. The monoisotopic (exact) mass is 408 g/mol. The molecule has 2 saturated heterocycles. The Hall–Kier alpha value is -2.71. The van der Waals surface area contributed by atoms with Crippen LogP contribution in [-0.2, 0) is 6.54 Å². The average molecular weight is 409 g/mol. The van der Waals surface area contributed by atoms with Gasteiger partial charge in [0.05, 0.1) is 19.7 Å². The van der Waals surface area contributed by atoms with Gasteiger partial charge in [0.15, 0.2) is 0 Å². The highest BCUT2D eigenvalue weighted by Crippen LogP contribution is 2.42. The first kappa shape index (κ1) is 19.3. The molecule has 0 radical (unpaired) electrons. The van der Waals surface area contributed by atoms with Crippen molar-refractivity contribution in [2.75, 3.05) is 13.7 Å². The number of rotatable bonds is 4. The van der Waals surface area contributed by atoms with Crippen LogP contribution in [0.25, 0.3) is 0 Å². The topological polar surface area (TPSA) is 91.4 Å². The predicted molar refractivity (Wildman–Crippen MR) is 112 cm³/mol. The molecule has 2 aromatic heterocycles. The van der Waals surface area contributed by atoms with E-state index in [1.165, 1.54) is 5.56 Å². The van der Waals surface area contributed by atoms with Crippen LogP contribution in [0.2, 0.25) is 0 Å². The van der Waals surface area contributed by atoms with Crippen molar-refractivity contribution >= 4 is 6.03 Å². The summed E-state index contributed by atoms with van der Waals surface area (Å²) in [6.45, 7) is 3.28. The molecule has 1 saturated carbocycles. The molecule has 4 heterocycles. The van der Waals surface area contributed by atoms with Crippen LogP contribution in [0.5, 0.6) is 5.88 Å². The van der Waals surface area contributed by atoms with Gasteiger partial charge < -0.3 is 15.0 Å². The van der Waals surface area contributed by atoms with Gasteiger partial charge in [-0.05, 0) is 55.4 Å². The van der Waals surface area contributed by atoms with Gasteiger partial charge in [-0.3, -0.25) is 10.4 Å². The van der Waals surface area contributed by atoms with Gasteiger partial charge in [-0.25, -0.2) is 15.2 Å². The van der Waals surface area contributed by atoms with Gasteiger partial charge in [0.2, 0.25) is 5.88 Å². The van der Waals surface area contributed by atoms with Crippen LogP contribution in [0.15, 0.2) is 36.7 Å². The number of hydrazine groups is 1. The van der Waals surface area contributed by atoms with Gasteiger partial charge >= 0.3 is 6.03 Å². The molecular weight excluding hydrogens is 380 g/mol. The second kappa shape index (κ2) is 7.85. The molecule has 0 spiro atoms. The van der Waals surface area contributed by atoms with Crippen molar-refractivity contribution in [1.82, 2.24) is 31.0 Å². The number of nitrogens with zero attached hydrogens (tertiary/aromatic N) is 3. The fourth-order valence-corrected chi connectivity index (χ4v) is 5.31. The third kappa shape index (κ3) is 3.50. The second-order valence-corrected chi connectivity index (χ2v) is 8.61. The molecule has 8 nitrogen and oxygen atoms in total. The number of aromatic nitrogens is 2. The Bertz CT molecular complexity index is 937. The summed E-state index contributed by atoms with van der Waals surface area (Å²) in [5, 5.41) is 3.25. The summed E-state index contributed by atoms with van der Waals surface area (Å²) in [6, 6.07) is 8.93. The standard InChI is InChI=1S/C22H28N6O2/c1-13-8-14(5-7-23-13)20-17-9-16-12-28(11-15-4-3-6-24-21(15)30-2)22(29)25-18(16)10-19(17)26-27-20/h3-8,16-20,26-27H,9-12H2,1-2H3,(H,25,29). The Kier molecular flexibility index (Phi) is 5.04. The summed E-state index contributed by atoms with van der Waals surface area (Å²) in [5.41, 5.74) is 10.2. The molecule has 2 amide bonds. The van der Waals surface area contributed by atoms with Crippen molar-refractivity contribution in [3.63, 3.8) is 0 Å². The molecular formula is C22H28N6O2. The Morgan fingerprint density at radius 3 is 2.90 bits per heavy atom. The summed E-state index contributed by atoms with van der Waals surface area (Å²) in [6.07, 6.45) is 5.59. The van der Waals surface area contributed by atoms with Crippen LogP contribution in [0.1, 0.15) is 35.7 Å². The number of aryl methyl sites for hydroxylation is 1. The van der Waals surface area contributed by atoms with E-state index < -0.39 is 0 Å². The van der Waals surface area contributed by atoms with Gasteiger partial charge in [-0.2, -0.15) is 0 Å². The zero-order valence-electron chi connectivity index (χ0n) is 17.3. The first-order valence-electron chi connectivity index (χ1n) is 10.6. The molecule has 0 bridgehead atoms. The molecule has 5 atom stereocenters. The maximum Gasteiger partial charge on any atom is 0.317 e. The second-order valence-electron chi connectivity index (χ2n) is 8.61. The van der Waals surface area contributed by atoms with E-state index in [1.807, 2.05) is 30.2 Å². The van der Waals surface area contributed by atoms with E-state index in [1.54, 1.807) is 13.3 Å². The Labute approximate surface area is 176 Å². The van der Waals surface area contributed by atoms with Crippen LogP contribution < -0.4 is 20.9 Å². The van der Waals surface area contributed by atoms with Crippen molar-refractivity contribution in [2.45, 2.75) is 44.4 Å². The van der Waals surface area contributed by atoms with E-state index >= 15 is 0 Å². The minimum absolute atomic E-state index is 0.00660. The summed E-state index contributed by atoms with van der Waals surface area (Å²) in [5.74, 6) is 1.48. The lowest BCUT2D eigenvalue weighted by Crippen LogP contribution is -2.60. The molecule has 8 heteroatoms. The lowest BCUT2D eigenvalue weighted by Gasteiger charge is -2.45. The molecule has 2 aromatic rings. The molecule has 3 N–H and O–H groups in total. The highest BCUT2D eigenvalue weighted by Gasteiger charge is 2.47. The molecule has 1 aliphatic carbocycles. The average Bonchev–Trinajstić information content (AvgIpc) is 3.16. The number of fused-ring (bicyclic) bond motifs is 2. The molecule has 158 valence electrons. The van der Waals surface area contributed by atoms with E-state index in [0.29, 0.717) is 30.3 Å². The number of methoxy groups -OCH3 is 1. The lowest BCUT2D eigenvalue weighted by atomic mass is 9.71. The molecule has 3 fully saturated rings. The minimum Gasteiger partial charge on any atom is -0.481 e. The maximum atomic E-state index is 12.8. The highest BCUT2D eigenvalue weighted by molar-refractivity contribution is 5.75. The number of hydrogen-bond acceptors (Lipinski definition) is 6. The molecule has 5 unspecified atom stereocenters. The summed E-state index contributed by atoms with van der Waals surface area (Å²) in [4.78, 5) is 23.3. The van der Waals surface area contributed by atoms with E-state index in [4.69, 9.17) is 4.74 Å². The van der Waals surface area contributed by atoms with Crippen molar-refractivity contribution in [3.05, 3.63) is 53.5 Å². The number of carbonyl (C=O) groups is 1. The summed E-state index contributed by atoms with van der Waals surface area (Å²) in [7, 11) is 1.61. The van der Waals surface area contributed by atoms with Crippen LogP contribution in [0.4, 0.5) is 4.79 Å². The van der Waals surface area contributed by atoms with Crippen molar-refractivity contribution in [2.24, 2.45) is 11.8 Å². The van der Waals surface area contributed by atoms with E-state index in [9.17, 15) is 4.79 Å². The van der Waals surface area contributed by atoms with E-state index in [-0.39, 0.29) is 18.1 Å². The SMILES string of the molecule is COc1ncccc1CN1CC2CC3C(CC2NC1=O)NNC3c1ccnc(C)c1. The Balaban J connectivity index is 1.32. The van der Waals surface area contributed by atoms with Gasteiger partial charge in [0, 0.05) is 42.3 Å². The molecule has 5 rings (SSSR count). The third-order valence-corrected chi connectivity index (χ3v) is 6.76. The van der Waals surface area contributed by atoms with Gasteiger partial charge in [0.25, 0.3) is 0 Å². The number of nitrogens with one attached hydrogen (secondary N) is 3. The minimum atomic E-state index is -0.00660. The zero-order valence-corrected chi connectivity index (χ0v) is 17.3. The molecule has 0 aromatic carbocycles. The number of amides is 2. The number of carbonyl (C=O) groups excluding carboxylic acids is 1. The Morgan fingerprint density at radius 1 is 1.17 bits per heavy atom. The van der Waals surface area contributed by atoms with Gasteiger partial charge in [-0.1, -0.05) is 6.07 Å². The summed E-state index contributed by atoms with van der Waals surface area (Å²) < 4.78 is 5.37. The number of hydrogen-bond donors (Lipinski definition) is 3. The maximum absolute atomic E-state index is 12.8. The number of pyridine rings is 2. The van der Waals surface area contributed by atoms with Crippen molar-refractivity contribution in [1.29, 1.82) is 0 Å². The van der Waals surface area contributed by atoms with Crippen LogP contribution >= 0.6 is 0 Å². The lowest BCUT2D eigenvalue weighted by molar-refractivity contribution is 0.0957. The van der Waals surface area contributed by atoms with Crippen LogP contribution in [0, 0.1) is 18.8 Å². The molecule has 3 aliphatic rings. The number of urea groups is 1. The van der Waals surface area contributed by atoms with Crippen LogP contribution in [-0.4, -0.2) is 46.6 Å². The first-order valence-corrected chi connectivity index (χ1v) is 10.6. The largest absolute Gasteiger partial charge is 0.481 e. The first-order chi connectivity index (χ1) is 14.6. The number of ether oxygens (including phenoxy) is 1. The van der Waals surface area contributed by atoms with Gasteiger partial charge in [-0.15, -0.1) is 0 Å².